The Balaban J connectivity index is 2.16. The number of carbonyl (C=O) groups excluding carboxylic acids is 2. The molecule has 2 N–H and O–H groups in total. The summed E-state index contributed by atoms with van der Waals surface area (Å²) in [6.45, 7) is 2.73. The second kappa shape index (κ2) is 8.67. The third-order valence-electron chi connectivity index (χ3n) is 5.27. The number of aliphatic hydroxyl groups is 1. The van der Waals surface area contributed by atoms with E-state index in [0.717, 1.165) is 4.90 Å². The summed E-state index contributed by atoms with van der Waals surface area (Å²) in [5, 5.41) is 11.1. The first-order valence-electron chi connectivity index (χ1n) is 9.72. The van der Waals surface area contributed by atoms with Gasteiger partial charge in [-0.25, -0.2) is 4.39 Å². The van der Waals surface area contributed by atoms with Crippen molar-refractivity contribution < 1.29 is 28.7 Å². The van der Waals surface area contributed by atoms with Crippen LogP contribution in [0.15, 0.2) is 48.0 Å². The fourth-order valence-electron chi connectivity index (χ4n) is 3.62. The molecular formula is C23H26FN2O4+. The summed E-state index contributed by atoms with van der Waals surface area (Å²) >= 11 is 0. The second-order valence-electron chi connectivity index (χ2n) is 7.68. The number of hydrogen-bond acceptors (Lipinski definition) is 4. The molecule has 1 heterocycles. The van der Waals surface area contributed by atoms with Gasteiger partial charge in [-0.2, -0.15) is 0 Å². The topological polar surface area (TPSA) is 71.3 Å². The lowest BCUT2D eigenvalue weighted by Crippen LogP contribution is -3.06. The molecule has 1 atom stereocenters. The van der Waals surface area contributed by atoms with E-state index < -0.39 is 23.5 Å². The zero-order valence-corrected chi connectivity index (χ0v) is 17.5. The number of halogens is 1. The average Bonchev–Trinajstić information content (AvgIpc) is 2.96. The molecule has 0 aliphatic carbocycles. The Labute approximate surface area is 175 Å². The van der Waals surface area contributed by atoms with Crippen molar-refractivity contribution in [2.24, 2.45) is 0 Å². The van der Waals surface area contributed by atoms with Gasteiger partial charge in [0.1, 0.15) is 17.3 Å². The molecule has 1 saturated heterocycles. The van der Waals surface area contributed by atoms with Gasteiger partial charge in [0, 0.05) is 5.56 Å². The van der Waals surface area contributed by atoms with Crippen molar-refractivity contribution in [2.75, 3.05) is 34.3 Å². The van der Waals surface area contributed by atoms with Gasteiger partial charge in [-0.1, -0.05) is 12.1 Å². The number of rotatable bonds is 6. The van der Waals surface area contributed by atoms with Gasteiger partial charge in [-0.05, 0) is 48.4 Å². The number of aryl methyl sites for hydroxylation is 1. The number of likely N-dealkylation sites (N-methyl/N-ethyl adjacent to an activating group) is 1. The Kier molecular flexibility index (Phi) is 6.22. The first-order valence-corrected chi connectivity index (χ1v) is 9.72. The summed E-state index contributed by atoms with van der Waals surface area (Å²) < 4.78 is 18.7. The lowest BCUT2D eigenvalue weighted by molar-refractivity contribution is -0.857. The van der Waals surface area contributed by atoms with Crippen LogP contribution in [0, 0.1) is 12.7 Å². The second-order valence-corrected chi connectivity index (χ2v) is 7.68. The van der Waals surface area contributed by atoms with Crippen LogP contribution in [0.25, 0.3) is 5.76 Å². The van der Waals surface area contributed by atoms with Crippen LogP contribution in [0.4, 0.5) is 4.39 Å². The number of aliphatic hydroxyl groups excluding tert-OH is 1. The highest BCUT2D eigenvalue weighted by molar-refractivity contribution is 6.46. The molecule has 1 aliphatic rings. The SMILES string of the molecule is COc1ccc(C(O)=C2C(=O)C(=O)N(CC[NH+](C)C)C2c2ccc(F)cc2)c(C)c1. The van der Waals surface area contributed by atoms with E-state index in [1.165, 1.54) is 29.2 Å². The van der Waals surface area contributed by atoms with Crippen LogP contribution in [0.1, 0.15) is 22.7 Å². The van der Waals surface area contributed by atoms with Gasteiger partial charge in [0.15, 0.2) is 0 Å². The Morgan fingerprint density at radius 3 is 2.40 bits per heavy atom. The van der Waals surface area contributed by atoms with Gasteiger partial charge < -0.3 is 19.6 Å². The zero-order valence-electron chi connectivity index (χ0n) is 17.5. The number of Topliss-reactive ketones (excluding diaryl/α,β-unsaturated/α-hetero) is 1. The molecule has 0 saturated carbocycles. The molecule has 0 spiro atoms. The van der Waals surface area contributed by atoms with Crippen LogP contribution < -0.4 is 9.64 Å². The van der Waals surface area contributed by atoms with Gasteiger partial charge in [-0.15, -0.1) is 0 Å². The van der Waals surface area contributed by atoms with Crippen molar-refractivity contribution in [3.8, 4) is 5.75 Å². The van der Waals surface area contributed by atoms with E-state index in [2.05, 4.69) is 0 Å². The van der Waals surface area contributed by atoms with E-state index in [0.29, 0.717) is 35.5 Å². The Morgan fingerprint density at radius 2 is 1.83 bits per heavy atom. The number of methoxy groups -OCH3 is 1. The highest BCUT2D eigenvalue weighted by Gasteiger charge is 2.46. The molecule has 30 heavy (non-hydrogen) atoms. The summed E-state index contributed by atoms with van der Waals surface area (Å²) in [4.78, 5) is 28.3. The zero-order chi connectivity index (χ0) is 22.0. The maximum absolute atomic E-state index is 13.5. The van der Waals surface area contributed by atoms with Crippen LogP contribution in [0.5, 0.6) is 5.75 Å². The number of quaternary nitrogens is 1. The van der Waals surface area contributed by atoms with E-state index in [1.54, 1.807) is 32.2 Å². The van der Waals surface area contributed by atoms with Crippen molar-refractivity contribution in [2.45, 2.75) is 13.0 Å². The van der Waals surface area contributed by atoms with Gasteiger partial charge in [0.2, 0.25) is 0 Å². The number of likely N-dealkylation sites (tertiary alicyclic amines) is 1. The largest absolute Gasteiger partial charge is 0.507 e. The summed E-state index contributed by atoms with van der Waals surface area (Å²) in [5.74, 6) is -1.46. The van der Waals surface area contributed by atoms with Crippen molar-refractivity contribution in [1.29, 1.82) is 0 Å². The van der Waals surface area contributed by atoms with Crippen molar-refractivity contribution >= 4 is 17.4 Å². The van der Waals surface area contributed by atoms with Gasteiger partial charge in [0.05, 0.1) is 45.9 Å². The molecule has 0 aromatic heterocycles. The molecule has 1 unspecified atom stereocenters. The summed E-state index contributed by atoms with van der Waals surface area (Å²) in [5.41, 5.74) is 1.72. The lowest BCUT2D eigenvalue weighted by Gasteiger charge is -2.25. The lowest BCUT2D eigenvalue weighted by atomic mass is 9.94. The van der Waals surface area contributed by atoms with Gasteiger partial charge >= 0.3 is 0 Å². The number of nitrogens with one attached hydrogen (secondary N) is 1. The number of hydrogen-bond donors (Lipinski definition) is 2. The van der Waals surface area contributed by atoms with Gasteiger partial charge in [-0.3, -0.25) is 9.59 Å². The fourth-order valence-corrected chi connectivity index (χ4v) is 3.62. The van der Waals surface area contributed by atoms with Crippen LogP contribution in [0.3, 0.4) is 0 Å². The summed E-state index contributed by atoms with van der Waals surface area (Å²) in [6, 6.07) is 9.93. The Morgan fingerprint density at radius 1 is 1.17 bits per heavy atom. The van der Waals surface area contributed by atoms with Crippen LogP contribution in [0.2, 0.25) is 0 Å². The quantitative estimate of drug-likeness (QED) is 0.430. The molecule has 1 amide bonds. The number of carbonyl (C=O) groups is 2. The first kappa shape index (κ1) is 21.5. The molecule has 2 aromatic rings. The Bertz CT molecular complexity index is 999. The van der Waals surface area contributed by atoms with E-state index in [4.69, 9.17) is 4.74 Å². The standard InChI is InChI=1S/C23H25FN2O4/c1-14-13-17(30-4)9-10-18(14)21(27)19-20(15-5-7-16(24)8-6-15)26(12-11-25(2)3)23(29)22(19)28/h5-10,13,20,27H,11-12H2,1-4H3/p+1. The minimum Gasteiger partial charge on any atom is -0.507 e. The van der Waals surface area contributed by atoms with E-state index >= 15 is 0 Å². The first-order chi connectivity index (χ1) is 14.2. The number of benzene rings is 2. The minimum absolute atomic E-state index is 0.00799. The number of nitrogens with zero attached hydrogens (tertiary/aromatic N) is 1. The molecule has 0 radical (unpaired) electrons. The molecule has 2 aromatic carbocycles. The molecule has 0 bridgehead atoms. The number of ether oxygens (including phenoxy) is 1. The predicted molar refractivity (Wildman–Crippen MR) is 111 cm³/mol. The van der Waals surface area contributed by atoms with Crippen molar-refractivity contribution in [3.63, 3.8) is 0 Å². The van der Waals surface area contributed by atoms with Crippen LogP contribution >= 0.6 is 0 Å². The smallest absolute Gasteiger partial charge is 0.295 e. The number of amides is 1. The highest BCUT2D eigenvalue weighted by atomic mass is 19.1. The molecule has 158 valence electrons. The maximum atomic E-state index is 13.5. The Hall–Kier alpha value is -3.19. The maximum Gasteiger partial charge on any atom is 0.295 e. The fraction of sp³-hybridized carbons (Fsp3) is 0.304. The van der Waals surface area contributed by atoms with E-state index in [-0.39, 0.29) is 11.3 Å². The highest BCUT2D eigenvalue weighted by Crippen LogP contribution is 2.39. The van der Waals surface area contributed by atoms with E-state index in [1.807, 2.05) is 14.1 Å². The molecule has 1 fully saturated rings. The predicted octanol–water partition coefficient (Wildman–Crippen LogP) is 1.71. The van der Waals surface area contributed by atoms with Crippen molar-refractivity contribution in [3.05, 3.63) is 70.5 Å². The summed E-state index contributed by atoms with van der Waals surface area (Å²) in [7, 11) is 5.44. The van der Waals surface area contributed by atoms with Crippen LogP contribution in [-0.4, -0.2) is 56.0 Å². The monoisotopic (exact) mass is 413 g/mol. The normalized spacial score (nSPS) is 18.3. The van der Waals surface area contributed by atoms with E-state index in [9.17, 15) is 19.1 Å². The third-order valence-corrected chi connectivity index (χ3v) is 5.27. The molecule has 3 rings (SSSR count). The third kappa shape index (κ3) is 4.07. The number of ketones is 1. The molecule has 7 heteroatoms. The average molecular weight is 413 g/mol. The van der Waals surface area contributed by atoms with Crippen molar-refractivity contribution in [1.82, 2.24) is 4.90 Å². The molecular weight excluding hydrogens is 387 g/mol. The van der Waals surface area contributed by atoms with Crippen LogP contribution in [-0.2, 0) is 9.59 Å². The minimum atomic E-state index is -0.786. The summed E-state index contributed by atoms with van der Waals surface area (Å²) in [6.07, 6.45) is 0. The molecule has 1 aliphatic heterocycles. The molecule has 6 nitrogen and oxygen atoms in total. The van der Waals surface area contributed by atoms with Gasteiger partial charge in [0.25, 0.3) is 11.7 Å².